The molecule has 0 fully saturated rings. The minimum absolute atomic E-state index is 0.223. The van der Waals surface area contributed by atoms with E-state index >= 15 is 0 Å². The minimum Gasteiger partial charge on any atom is -0.440 e. The number of sulfonamides is 1. The van der Waals surface area contributed by atoms with Crippen LogP contribution in [-0.2, 0) is 10.0 Å². The number of nitrogens with zero attached hydrogens (tertiary/aromatic N) is 1. The molecule has 2 aromatic heterocycles. The zero-order valence-corrected chi connectivity index (χ0v) is 17.1. The molecule has 26 heavy (non-hydrogen) atoms. The molecule has 0 aliphatic heterocycles. The molecule has 0 aliphatic carbocycles. The molecule has 7 heteroatoms. The maximum absolute atomic E-state index is 12.4. The maximum atomic E-state index is 12.4. The number of benzene rings is 1. The lowest BCUT2D eigenvalue weighted by Gasteiger charge is -2.20. The summed E-state index contributed by atoms with van der Waals surface area (Å²) >= 11 is 1.65. The van der Waals surface area contributed by atoms with E-state index in [1.807, 2.05) is 39.8 Å². The molecule has 5 nitrogen and oxygen atoms in total. The highest BCUT2D eigenvalue weighted by Crippen LogP contribution is 2.36. The molecule has 0 saturated carbocycles. The lowest BCUT2D eigenvalue weighted by Crippen LogP contribution is -2.40. The van der Waals surface area contributed by atoms with Gasteiger partial charge in [-0.15, -0.1) is 11.3 Å². The van der Waals surface area contributed by atoms with Gasteiger partial charge in [-0.1, -0.05) is 0 Å². The molecule has 0 radical (unpaired) electrons. The van der Waals surface area contributed by atoms with E-state index in [-0.39, 0.29) is 4.90 Å². The van der Waals surface area contributed by atoms with E-state index in [9.17, 15) is 8.42 Å². The Balaban J connectivity index is 1.98. The quantitative estimate of drug-likeness (QED) is 0.697. The van der Waals surface area contributed by atoms with E-state index in [0.29, 0.717) is 11.7 Å². The van der Waals surface area contributed by atoms with E-state index in [2.05, 4.69) is 9.71 Å². The summed E-state index contributed by atoms with van der Waals surface area (Å²) < 4.78 is 33.3. The summed E-state index contributed by atoms with van der Waals surface area (Å²) in [7, 11) is -3.56. The fraction of sp³-hybridized carbons (Fsp3) is 0.316. The van der Waals surface area contributed by atoms with Crippen LogP contribution in [0.2, 0.25) is 0 Å². The highest BCUT2D eigenvalue weighted by atomic mass is 32.2. The Morgan fingerprint density at radius 3 is 2.23 bits per heavy atom. The van der Waals surface area contributed by atoms with Crippen LogP contribution in [0.25, 0.3) is 21.9 Å². The second-order valence-corrected chi connectivity index (χ2v) is 10.2. The number of thiophene rings is 1. The van der Waals surface area contributed by atoms with Crippen LogP contribution < -0.4 is 4.72 Å². The standard InChI is InChI=1S/C19H22N2O3S2/c1-12-6-11-16(25-12)17-18(24-13(2)20-17)14-7-9-15(10-8-14)26(22,23)21-19(3,4)5/h6-11,21H,1-5H3. The highest BCUT2D eigenvalue weighted by molar-refractivity contribution is 7.89. The fourth-order valence-corrected chi connectivity index (χ4v) is 4.87. The van der Waals surface area contributed by atoms with Crippen LogP contribution in [0.5, 0.6) is 0 Å². The van der Waals surface area contributed by atoms with Crippen LogP contribution in [-0.4, -0.2) is 18.9 Å². The zero-order valence-electron chi connectivity index (χ0n) is 15.5. The largest absolute Gasteiger partial charge is 0.440 e. The predicted octanol–water partition coefficient (Wildman–Crippen LogP) is 4.76. The molecule has 0 spiro atoms. The van der Waals surface area contributed by atoms with Gasteiger partial charge in [0.15, 0.2) is 11.7 Å². The molecule has 3 rings (SSSR count). The molecular formula is C19H22N2O3S2. The van der Waals surface area contributed by atoms with Gasteiger partial charge in [-0.2, -0.15) is 0 Å². The monoisotopic (exact) mass is 390 g/mol. The van der Waals surface area contributed by atoms with E-state index in [0.717, 1.165) is 16.1 Å². The van der Waals surface area contributed by atoms with Crippen LogP contribution >= 0.6 is 11.3 Å². The number of aryl methyl sites for hydroxylation is 2. The highest BCUT2D eigenvalue weighted by Gasteiger charge is 2.23. The number of hydrogen-bond acceptors (Lipinski definition) is 5. The SMILES string of the molecule is Cc1nc(-c2ccc(C)s2)c(-c2ccc(S(=O)(=O)NC(C)(C)C)cc2)o1. The molecule has 0 bridgehead atoms. The van der Waals surface area contributed by atoms with Crippen molar-refractivity contribution in [2.75, 3.05) is 0 Å². The van der Waals surface area contributed by atoms with E-state index in [1.165, 1.54) is 4.88 Å². The third kappa shape index (κ3) is 4.06. The summed E-state index contributed by atoms with van der Waals surface area (Å²) in [4.78, 5) is 6.95. The predicted molar refractivity (Wildman–Crippen MR) is 105 cm³/mol. The van der Waals surface area contributed by atoms with Crippen LogP contribution in [0.4, 0.5) is 0 Å². The van der Waals surface area contributed by atoms with Crippen molar-refractivity contribution in [1.29, 1.82) is 0 Å². The van der Waals surface area contributed by atoms with Crippen molar-refractivity contribution in [1.82, 2.24) is 9.71 Å². The van der Waals surface area contributed by atoms with Gasteiger partial charge in [0, 0.05) is 22.9 Å². The number of hydrogen-bond donors (Lipinski definition) is 1. The summed E-state index contributed by atoms with van der Waals surface area (Å²) in [5, 5.41) is 0. The van der Waals surface area contributed by atoms with Crippen molar-refractivity contribution >= 4 is 21.4 Å². The molecule has 1 N–H and O–H groups in total. The molecular weight excluding hydrogens is 368 g/mol. The summed E-state index contributed by atoms with van der Waals surface area (Å²) in [6.07, 6.45) is 0. The first-order chi connectivity index (χ1) is 12.0. The first kappa shape index (κ1) is 18.8. The fourth-order valence-electron chi connectivity index (χ4n) is 2.60. The third-order valence-corrected chi connectivity index (χ3v) is 6.36. The van der Waals surface area contributed by atoms with E-state index in [4.69, 9.17) is 4.42 Å². The Morgan fingerprint density at radius 1 is 1.04 bits per heavy atom. The molecule has 0 saturated heterocycles. The number of rotatable bonds is 4. The average molecular weight is 391 g/mol. The third-order valence-electron chi connectivity index (χ3n) is 3.58. The minimum atomic E-state index is -3.56. The van der Waals surface area contributed by atoms with Crippen LogP contribution in [0.3, 0.4) is 0 Å². The average Bonchev–Trinajstić information content (AvgIpc) is 3.11. The topological polar surface area (TPSA) is 72.2 Å². The van der Waals surface area contributed by atoms with Crippen molar-refractivity contribution in [2.45, 2.75) is 45.1 Å². The van der Waals surface area contributed by atoms with Crippen LogP contribution in [0.1, 0.15) is 31.5 Å². The van der Waals surface area contributed by atoms with Gasteiger partial charge in [-0.3, -0.25) is 0 Å². The van der Waals surface area contributed by atoms with Gasteiger partial charge in [0.25, 0.3) is 0 Å². The summed E-state index contributed by atoms with van der Waals surface area (Å²) in [6, 6.07) is 10.7. The second-order valence-electron chi connectivity index (χ2n) is 7.20. The molecule has 2 heterocycles. The molecule has 0 aliphatic rings. The molecule has 138 valence electrons. The molecule has 3 aromatic rings. The summed E-state index contributed by atoms with van der Waals surface area (Å²) in [5.74, 6) is 1.23. The van der Waals surface area contributed by atoms with E-state index in [1.54, 1.807) is 42.5 Å². The van der Waals surface area contributed by atoms with Crippen molar-refractivity contribution in [3.63, 3.8) is 0 Å². The van der Waals surface area contributed by atoms with Crippen molar-refractivity contribution < 1.29 is 12.8 Å². The Hall–Kier alpha value is -1.96. The van der Waals surface area contributed by atoms with Gasteiger partial charge in [-0.25, -0.2) is 18.1 Å². The van der Waals surface area contributed by atoms with Crippen molar-refractivity contribution in [3.05, 3.63) is 47.2 Å². The Labute approximate surface area is 158 Å². The maximum Gasteiger partial charge on any atom is 0.241 e. The van der Waals surface area contributed by atoms with Crippen LogP contribution in [0, 0.1) is 13.8 Å². The van der Waals surface area contributed by atoms with E-state index < -0.39 is 15.6 Å². The first-order valence-electron chi connectivity index (χ1n) is 8.24. The van der Waals surface area contributed by atoms with Gasteiger partial charge < -0.3 is 4.42 Å². The Kier molecular flexibility index (Phi) is 4.81. The zero-order chi connectivity index (χ0) is 19.1. The van der Waals surface area contributed by atoms with Crippen LogP contribution in [0.15, 0.2) is 45.7 Å². The number of oxazole rings is 1. The first-order valence-corrected chi connectivity index (χ1v) is 10.5. The normalized spacial score (nSPS) is 12.5. The van der Waals surface area contributed by atoms with Gasteiger partial charge in [0.05, 0.1) is 9.77 Å². The van der Waals surface area contributed by atoms with Crippen molar-refractivity contribution in [3.8, 4) is 21.9 Å². The van der Waals surface area contributed by atoms with Gasteiger partial charge in [0.1, 0.15) is 5.69 Å². The lowest BCUT2D eigenvalue weighted by molar-refractivity contribution is 0.491. The summed E-state index contributed by atoms with van der Waals surface area (Å²) in [5.41, 5.74) is 1.04. The number of aromatic nitrogens is 1. The molecule has 0 amide bonds. The molecule has 0 unspecified atom stereocenters. The molecule has 1 aromatic carbocycles. The Morgan fingerprint density at radius 2 is 1.69 bits per heavy atom. The lowest BCUT2D eigenvalue weighted by atomic mass is 10.1. The molecule has 0 atom stereocenters. The van der Waals surface area contributed by atoms with Gasteiger partial charge in [0.2, 0.25) is 10.0 Å². The van der Waals surface area contributed by atoms with Crippen molar-refractivity contribution in [2.24, 2.45) is 0 Å². The summed E-state index contributed by atoms with van der Waals surface area (Å²) in [6.45, 7) is 9.28. The van der Waals surface area contributed by atoms with Gasteiger partial charge in [-0.05, 0) is 64.1 Å². The Bertz CT molecular complexity index is 1020. The number of nitrogens with one attached hydrogen (secondary N) is 1. The smallest absolute Gasteiger partial charge is 0.241 e. The van der Waals surface area contributed by atoms with Gasteiger partial charge >= 0.3 is 0 Å². The second kappa shape index (κ2) is 6.64.